The van der Waals surface area contributed by atoms with Crippen LogP contribution in [-0.4, -0.2) is 42.4 Å². The summed E-state index contributed by atoms with van der Waals surface area (Å²) in [5.41, 5.74) is 1.68. The van der Waals surface area contributed by atoms with Gasteiger partial charge in [-0.2, -0.15) is 0 Å². The lowest BCUT2D eigenvalue weighted by Crippen LogP contribution is -2.54. The van der Waals surface area contributed by atoms with E-state index in [2.05, 4.69) is 0 Å². The van der Waals surface area contributed by atoms with Crippen molar-refractivity contribution >= 4 is 11.6 Å². The SMILES string of the molecule is CC1(C)OC[C@H]([C@@H](O)[C@@]2(c3ccc4c(c3)OCO4)C(=O)N(Cc3ccccc3)c3ccccc32)O1. The Bertz CT molecular complexity index is 1280. The number of benzene rings is 3. The Kier molecular flexibility index (Phi) is 5.11. The van der Waals surface area contributed by atoms with Crippen LogP contribution in [0.2, 0.25) is 0 Å². The summed E-state index contributed by atoms with van der Waals surface area (Å²) in [6.07, 6.45) is -1.91. The Balaban J connectivity index is 1.53. The number of nitrogens with zero attached hydrogens (tertiary/aromatic N) is 1. The Hall–Kier alpha value is -3.39. The maximum Gasteiger partial charge on any atom is 0.245 e. The Labute approximate surface area is 203 Å². The number of hydrogen-bond donors (Lipinski definition) is 1. The second kappa shape index (κ2) is 8.09. The molecular formula is C28H27NO6. The third-order valence-corrected chi connectivity index (χ3v) is 7.04. The highest BCUT2D eigenvalue weighted by Crippen LogP contribution is 2.52. The maximum atomic E-state index is 14.5. The molecule has 1 saturated heterocycles. The maximum absolute atomic E-state index is 14.5. The molecule has 0 saturated carbocycles. The molecule has 1 N–H and O–H groups in total. The molecular weight excluding hydrogens is 446 g/mol. The summed E-state index contributed by atoms with van der Waals surface area (Å²) in [6.45, 7) is 4.28. The Morgan fingerprint density at radius 1 is 1.00 bits per heavy atom. The molecule has 180 valence electrons. The molecule has 1 fully saturated rings. The van der Waals surface area contributed by atoms with E-state index in [-0.39, 0.29) is 19.3 Å². The van der Waals surface area contributed by atoms with Crippen LogP contribution in [0.4, 0.5) is 5.69 Å². The van der Waals surface area contributed by atoms with Gasteiger partial charge in [0.1, 0.15) is 17.6 Å². The molecule has 6 rings (SSSR count). The number of rotatable bonds is 5. The molecule has 1 amide bonds. The number of ether oxygens (including phenoxy) is 4. The van der Waals surface area contributed by atoms with Gasteiger partial charge < -0.3 is 29.0 Å². The van der Waals surface area contributed by atoms with E-state index in [1.54, 1.807) is 30.9 Å². The molecule has 0 unspecified atom stereocenters. The van der Waals surface area contributed by atoms with Gasteiger partial charge in [0.25, 0.3) is 0 Å². The minimum Gasteiger partial charge on any atom is -0.454 e. The van der Waals surface area contributed by atoms with Crippen molar-refractivity contribution in [2.45, 2.75) is 43.8 Å². The fourth-order valence-corrected chi connectivity index (χ4v) is 5.43. The van der Waals surface area contributed by atoms with Crippen molar-refractivity contribution in [3.05, 3.63) is 89.5 Å². The molecule has 0 bridgehead atoms. The van der Waals surface area contributed by atoms with E-state index in [9.17, 15) is 9.90 Å². The predicted octanol–water partition coefficient (Wildman–Crippen LogP) is 3.76. The monoisotopic (exact) mass is 473 g/mol. The number of carbonyl (C=O) groups excluding carboxylic acids is 1. The van der Waals surface area contributed by atoms with Gasteiger partial charge in [0.2, 0.25) is 12.7 Å². The zero-order valence-corrected chi connectivity index (χ0v) is 19.6. The first-order valence-electron chi connectivity index (χ1n) is 11.8. The van der Waals surface area contributed by atoms with E-state index in [4.69, 9.17) is 18.9 Å². The number of anilines is 1. The standard InChI is InChI=1S/C28H27NO6/c1-27(2)34-16-24(35-27)25(30)28(19-12-13-22-23(14-19)33-17-32-22)20-10-6-7-11-21(20)29(26(28)31)15-18-8-4-3-5-9-18/h3-14,24-25,30H,15-17H2,1-2H3/t24-,25-,28+/m1/s1. The summed E-state index contributed by atoms with van der Waals surface area (Å²) in [6, 6.07) is 22.9. The molecule has 0 aromatic heterocycles. The van der Waals surface area contributed by atoms with Crippen LogP contribution in [0.3, 0.4) is 0 Å². The van der Waals surface area contributed by atoms with Gasteiger partial charge >= 0.3 is 0 Å². The normalized spacial score (nSPS) is 25.1. The average Bonchev–Trinajstić information content (AvgIpc) is 3.54. The second-order valence-electron chi connectivity index (χ2n) is 9.58. The van der Waals surface area contributed by atoms with Gasteiger partial charge in [-0.3, -0.25) is 4.79 Å². The van der Waals surface area contributed by atoms with Gasteiger partial charge in [-0.15, -0.1) is 0 Å². The van der Waals surface area contributed by atoms with Crippen LogP contribution in [0.5, 0.6) is 11.5 Å². The first-order valence-corrected chi connectivity index (χ1v) is 11.8. The quantitative estimate of drug-likeness (QED) is 0.608. The number of aliphatic hydroxyl groups is 1. The van der Waals surface area contributed by atoms with Crippen molar-refractivity contribution in [1.82, 2.24) is 0 Å². The minimum absolute atomic E-state index is 0.118. The highest BCUT2D eigenvalue weighted by molar-refractivity contribution is 6.11. The highest BCUT2D eigenvalue weighted by Gasteiger charge is 2.60. The number of para-hydroxylation sites is 1. The van der Waals surface area contributed by atoms with E-state index in [0.29, 0.717) is 23.6 Å². The molecule has 35 heavy (non-hydrogen) atoms. The van der Waals surface area contributed by atoms with Crippen LogP contribution in [0.1, 0.15) is 30.5 Å². The number of fused-ring (bicyclic) bond motifs is 2. The fraction of sp³-hybridized carbons (Fsp3) is 0.321. The first kappa shape index (κ1) is 22.1. The second-order valence-corrected chi connectivity index (χ2v) is 9.58. The predicted molar refractivity (Wildman–Crippen MR) is 128 cm³/mol. The molecule has 3 atom stereocenters. The fourth-order valence-electron chi connectivity index (χ4n) is 5.43. The first-order chi connectivity index (χ1) is 16.9. The molecule has 3 aliphatic rings. The van der Waals surface area contributed by atoms with Crippen molar-refractivity contribution in [3.63, 3.8) is 0 Å². The van der Waals surface area contributed by atoms with Gasteiger partial charge in [0, 0.05) is 5.69 Å². The Morgan fingerprint density at radius 2 is 1.74 bits per heavy atom. The summed E-state index contributed by atoms with van der Waals surface area (Å²) in [4.78, 5) is 16.3. The summed E-state index contributed by atoms with van der Waals surface area (Å²) in [5, 5.41) is 12.0. The lowest BCUT2D eigenvalue weighted by molar-refractivity contribution is -0.159. The van der Waals surface area contributed by atoms with Gasteiger partial charge in [-0.1, -0.05) is 54.6 Å². The topological polar surface area (TPSA) is 77.5 Å². The molecule has 0 radical (unpaired) electrons. The van der Waals surface area contributed by atoms with Crippen LogP contribution in [0.25, 0.3) is 0 Å². The summed E-state index contributed by atoms with van der Waals surface area (Å²) in [5.74, 6) is 0.0824. The number of aliphatic hydroxyl groups excluding tert-OH is 1. The number of amides is 1. The zero-order chi connectivity index (χ0) is 24.2. The Morgan fingerprint density at radius 3 is 2.51 bits per heavy atom. The van der Waals surface area contributed by atoms with Crippen LogP contribution < -0.4 is 14.4 Å². The molecule has 3 heterocycles. The van der Waals surface area contributed by atoms with Gasteiger partial charge in [0.15, 0.2) is 17.3 Å². The average molecular weight is 474 g/mol. The van der Waals surface area contributed by atoms with Crippen molar-refractivity contribution in [3.8, 4) is 11.5 Å². The van der Waals surface area contributed by atoms with Crippen LogP contribution in [0.15, 0.2) is 72.8 Å². The van der Waals surface area contributed by atoms with Gasteiger partial charge in [-0.25, -0.2) is 0 Å². The smallest absolute Gasteiger partial charge is 0.245 e. The van der Waals surface area contributed by atoms with Crippen molar-refractivity contribution in [1.29, 1.82) is 0 Å². The van der Waals surface area contributed by atoms with Gasteiger partial charge in [-0.05, 0) is 48.7 Å². The third kappa shape index (κ3) is 3.42. The van der Waals surface area contributed by atoms with E-state index in [1.807, 2.05) is 60.7 Å². The van der Waals surface area contributed by atoms with Crippen molar-refractivity contribution in [2.24, 2.45) is 0 Å². The van der Waals surface area contributed by atoms with Crippen molar-refractivity contribution in [2.75, 3.05) is 18.3 Å². The largest absolute Gasteiger partial charge is 0.454 e. The van der Waals surface area contributed by atoms with E-state index in [1.165, 1.54) is 0 Å². The van der Waals surface area contributed by atoms with E-state index < -0.39 is 23.4 Å². The van der Waals surface area contributed by atoms with E-state index >= 15 is 0 Å². The van der Waals surface area contributed by atoms with E-state index in [0.717, 1.165) is 16.8 Å². The summed E-state index contributed by atoms with van der Waals surface area (Å²) in [7, 11) is 0. The van der Waals surface area contributed by atoms with Crippen LogP contribution >= 0.6 is 0 Å². The zero-order valence-electron chi connectivity index (χ0n) is 19.6. The molecule has 0 spiro atoms. The molecule has 0 aliphatic carbocycles. The molecule has 3 aliphatic heterocycles. The summed E-state index contributed by atoms with van der Waals surface area (Å²) < 4.78 is 23.0. The van der Waals surface area contributed by atoms with Crippen molar-refractivity contribution < 1.29 is 28.8 Å². The van der Waals surface area contributed by atoms with Crippen LogP contribution in [-0.2, 0) is 26.2 Å². The number of hydrogen-bond acceptors (Lipinski definition) is 6. The lowest BCUT2D eigenvalue weighted by Gasteiger charge is -2.37. The number of carbonyl (C=O) groups is 1. The highest BCUT2D eigenvalue weighted by atomic mass is 16.7. The van der Waals surface area contributed by atoms with Crippen LogP contribution in [0, 0.1) is 0 Å². The van der Waals surface area contributed by atoms with Gasteiger partial charge in [0.05, 0.1) is 13.2 Å². The minimum atomic E-state index is -1.42. The molecule has 3 aromatic carbocycles. The third-order valence-electron chi connectivity index (χ3n) is 7.04. The summed E-state index contributed by atoms with van der Waals surface area (Å²) >= 11 is 0. The molecule has 7 heteroatoms. The molecule has 3 aromatic rings. The molecule has 7 nitrogen and oxygen atoms in total. The lowest BCUT2D eigenvalue weighted by atomic mass is 9.69.